The van der Waals surface area contributed by atoms with Gasteiger partial charge in [0.05, 0.1) is 13.0 Å². The normalized spacial score (nSPS) is 13.0. The van der Waals surface area contributed by atoms with E-state index in [0.29, 0.717) is 38.6 Å². The van der Waals surface area contributed by atoms with Gasteiger partial charge in [-0.25, -0.2) is 4.98 Å². The Morgan fingerprint density at radius 3 is 2.66 bits per heavy atom. The Hall–Kier alpha value is -3.35. The number of benzene rings is 1. The highest BCUT2D eigenvalue weighted by molar-refractivity contribution is 5.79. The van der Waals surface area contributed by atoms with Gasteiger partial charge >= 0.3 is 0 Å². The van der Waals surface area contributed by atoms with E-state index in [9.17, 15) is 4.79 Å². The number of pyridine rings is 1. The Labute approximate surface area is 189 Å². The van der Waals surface area contributed by atoms with Crippen molar-refractivity contribution in [1.82, 2.24) is 19.7 Å². The van der Waals surface area contributed by atoms with Gasteiger partial charge in [0.2, 0.25) is 11.8 Å². The molecule has 0 fully saturated rings. The molecule has 32 heavy (non-hydrogen) atoms. The molecule has 0 spiro atoms. The van der Waals surface area contributed by atoms with Gasteiger partial charge in [-0.15, -0.1) is 0 Å². The van der Waals surface area contributed by atoms with Gasteiger partial charge in [0.1, 0.15) is 18.1 Å². The fraction of sp³-hybridized carbons (Fsp3) is 0.400. The maximum atomic E-state index is 13.0. The summed E-state index contributed by atoms with van der Waals surface area (Å²) in [6.45, 7) is 9.09. The topological polar surface area (TPSA) is 69.5 Å². The molecule has 0 saturated carbocycles. The van der Waals surface area contributed by atoms with Crippen molar-refractivity contribution in [3.63, 3.8) is 0 Å². The molecule has 3 aromatic rings. The van der Waals surface area contributed by atoms with Gasteiger partial charge in [0.25, 0.3) is 0 Å². The van der Waals surface area contributed by atoms with Crippen LogP contribution in [0.1, 0.15) is 41.9 Å². The van der Waals surface area contributed by atoms with Crippen LogP contribution in [0.4, 0.5) is 0 Å². The van der Waals surface area contributed by atoms with Crippen molar-refractivity contribution in [2.24, 2.45) is 0 Å². The third-order valence-electron chi connectivity index (χ3n) is 5.71. The monoisotopic (exact) mass is 434 g/mol. The maximum Gasteiger partial charge on any atom is 0.227 e. The van der Waals surface area contributed by atoms with Gasteiger partial charge in [-0.1, -0.05) is 12.1 Å². The first-order chi connectivity index (χ1) is 15.6. The minimum Gasteiger partial charge on any atom is -0.494 e. The summed E-state index contributed by atoms with van der Waals surface area (Å²) >= 11 is 0. The van der Waals surface area contributed by atoms with Crippen molar-refractivity contribution in [1.29, 1.82) is 0 Å². The largest absolute Gasteiger partial charge is 0.494 e. The summed E-state index contributed by atoms with van der Waals surface area (Å²) in [5, 5.41) is 4.76. The van der Waals surface area contributed by atoms with Crippen LogP contribution in [0.3, 0.4) is 0 Å². The van der Waals surface area contributed by atoms with Crippen LogP contribution in [-0.4, -0.2) is 38.7 Å². The fourth-order valence-corrected chi connectivity index (χ4v) is 4.04. The van der Waals surface area contributed by atoms with E-state index in [4.69, 9.17) is 14.6 Å². The lowest BCUT2D eigenvalue weighted by molar-refractivity contribution is -0.131. The van der Waals surface area contributed by atoms with Crippen LogP contribution in [-0.2, 0) is 37.3 Å². The Morgan fingerprint density at radius 1 is 1.12 bits per heavy atom. The number of hydrogen-bond donors (Lipinski definition) is 0. The van der Waals surface area contributed by atoms with Gasteiger partial charge in [0.15, 0.2) is 0 Å². The molecular formula is C25H30N4O3. The second-order valence-electron chi connectivity index (χ2n) is 7.97. The Balaban J connectivity index is 1.45. The minimum absolute atomic E-state index is 0.122. The smallest absolute Gasteiger partial charge is 0.227 e. The standard InChI is InChI=1S/C25H30N4O3/c1-4-29-23-11-13-28(25(30)15-19-6-8-20(9-7-19)31-5-2)16-21(23)22(27-29)17-32-24-14-18(3)10-12-26-24/h6-10,12,14H,4-5,11,13,15-17H2,1-3H3. The average Bonchev–Trinajstić information content (AvgIpc) is 3.16. The average molecular weight is 435 g/mol. The molecule has 0 atom stereocenters. The van der Waals surface area contributed by atoms with Crippen LogP contribution in [0.15, 0.2) is 42.6 Å². The lowest BCUT2D eigenvalue weighted by Crippen LogP contribution is -2.37. The molecule has 0 N–H and O–H groups in total. The molecule has 168 valence electrons. The number of carbonyl (C=O) groups excluding carboxylic acids is 1. The third kappa shape index (κ3) is 4.93. The van der Waals surface area contributed by atoms with E-state index < -0.39 is 0 Å². The number of hydrogen-bond acceptors (Lipinski definition) is 5. The highest BCUT2D eigenvalue weighted by atomic mass is 16.5. The Morgan fingerprint density at radius 2 is 1.94 bits per heavy atom. The molecule has 7 nitrogen and oxygen atoms in total. The van der Waals surface area contributed by atoms with Crippen molar-refractivity contribution >= 4 is 5.91 Å². The summed E-state index contributed by atoms with van der Waals surface area (Å²) in [4.78, 5) is 19.2. The molecule has 4 rings (SSSR count). The highest BCUT2D eigenvalue weighted by Gasteiger charge is 2.27. The van der Waals surface area contributed by atoms with Crippen LogP contribution >= 0.6 is 0 Å². The minimum atomic E-state index is 0.122. The molecule has 0 unspecified atom stereocenters. The summed E-state index contributed by atoms with van der Waals surface area (Å²) in [7, 11) is 0. The Kier molecular flexibility index (Phi) is 6.73. The highest BCUT2D eigenvalue weighted by Crippen LogP contribution is 2.25. The van der Waals surface area contributed by atoms with Crippen molar-refractivity contribution in [3.05, 3.63) is 70.7 Å². The predicted molar refractivity (Wildman–Crippen MR) is 122 cm³/mol. The van der Waals surface area contributed by atoms with Crippen LogP contribution in [0.25, 0.3) is 0 Å². The molecule has 7 heteroatoms. The number of ether oxygens (including phenoxy) is 2. The summed E-state index contributed by atoms with van der Waals surface area (Å²) < 4.78 is 13.4. The SMILES string of the molecule is CCOc1ccc(CC(=O)N2CCc3c(c(COc4cc(C)ccn4)nn3CC)C2)cc1. The van der Waals surface area contributed by atoms with E-state index in [1.54, 1.807) is 6.20 Å². The number of rotatable bonds is 8. The number of aryl methyl sites for hydroxylation is 2. The van der Waals surface area contributed by atoms with Crippen molar-refractivity contribution in [2.75, 3.05) is 13.2 Å². The zero-order valence-corrected chi connectivity index (χ0v) is 19.0. The van der Waals surface area contributed by atoms with Crippen molar-refractivity contribution < 1.29 is 14.3 Å². The molecule has 1 aromatic carbocycles. The third-order valence-corrected chi connectivity index (χ3v) is 5.71. The van der Waals surface area contributed by atoms with Crippen molar-refractivity contribution in [3.8, 4) is 11.6 Å². The zero-order chi connectivity index (χ0) is 22.5. The first-order valence-corrected chi connectivity index (χ1v) is 11.2. The summed E-state index contributed by atoms with van der Waals surface area (Å²) in [5.74, 6) is 1.53. The van der Waals surface area contributed by atoms with E-state index in [-0.39, 0.29) is 5.91 Å². The Bertz CT molecular complexity index is 1080. The number of aromatic nitrogens is 3. The van der Waals surface area contributed by atoms with E-state index in [0.717, 1.165) is 41.1 Å². The quantitative estimate of drug-likeness (QED) is 0.541. The lowest BCUT2D eigenvalue weighted by Gasteiger charge is -2.28. The molecule has 1 amide bonds. The van der Waals surface area contributed by atoms with Gasteiger partial charge < -0.3 is 14.4 Å². The maximum absolute atomic E-state index is 13.0. The zero-order valence-electron chi connectivity index (χ0n) is 19.0. The van der Waals surface area contributed by atoms with Gasteiger partial charge in [0, 0.05) is 49.6 Å². The second-order valence-corrected chi connectivity index (χ2v) is 7.97. The summed E-state index contributed by atoms with van der Waals surface area (Å²) in [6.07, 6.45) is 2.92. The molecule has 1 aliphatic heterocycles. The predicted octanol–water partition coefficient (Wildman–Crippen LogP) is 3.71. The number of carbonyl (C=O) groups is 1. The van der Waals surface area contributed by atoms with E-state index in [1.807, 2.05) is 59.8 Å². The first-order valence-electron chi connectivity index (χ1n) is 11.2. The van der Waals surface area contributed by atoms with Gasteiger partial charge in [-0.05, 0) is 50.1 Å². The lowest BCUT2D eigenvalue weighted by atomic mass is 10.0. The second kappa shape index (κ2) is 9.85. The summed E-state index contributed by atoms with van der Waals surface area (Å²) in [6, 6.07) is 11.6. The van der Waals surface area contributed by atoms with Crippen molar-refractivity contribution in [2.45, 2.75) is 53.3 Å². The van der Waals surface area contributed by atoms with Gasteiger partial charge in [-0.2, -0.15) is 5.10 Å². The molecule has 0 aliphatic carbocycles. The molecule has 0 bridgehead atoms. The van der Waals surface area contributed by atoms with E-state index >= 15 is 0 Å². The number of amides is 1. The molecule has 3 heterocycles. The molecule has 2 aromatic heterocycles. The van der Waals surface area contributed by atoms with E-state index in [1.165, 1.54) is 5.69 Å². The fourth-order valence-electron chi connectivity index (χ4n) is 4.04. The molecular weight excluding hydrogens is 404 g/mol. The van der Waals surface area contributed by atoms with Gasteiger partial charge in [-0.3, -0.25) is 9.48 Å². The van der Waals surface area contributed by atoms with E-state index in [2.05, 4.69) is 11.9 Å². The molecule has 0 saturated heterocycles. The number of nitrogens with zero attached hydrogens (tertiary/aromatic N) is 4. The molecule has 0 radical (unpaired) electrons. The molecule has 1 aliphatic rings. The first kappa shape index (κ1) is 21.9. The van der Waals surface area contributed by atoms with Crippen LogP contribution in [0.5, 0.6) is 11.6 Å². The van der Waals surface area contributed by atoms with Crippen LogP contribution in [0.2, 0.25) is 0 Å². The number of fused-ring (bicyclic) bond motifs is 1. The van der Waals surface area contributed by atoms with Crippen LogP contribution < -0.4 is 9.47 Å². The summed E-state index contributed by atoms with van der Waals surface area (Å²) in [5.41, 5.74) is 5.27. The van der Waals surface area contributed by atoms with Crippen LogP contribution in [0, 0.1) is 6.92 Å².